The zero-order chi connectivity index (χ0) is 26.9. The molecule has 2 N–H and O–H groups in total. The zero-order valence-electron chi connectivity index (χ0n) is 20.8. The van der Waals surface area contributed by atoms with Gasteiger partial charge in [0, 0.05) is 42.9 Å². The molecule has 4 rings (SSSR count). The number of carbonyl (C=O) groups is 1. The van der Waals surface area contributed by atoms with Crippen LogP contribution in [0.1, 0.15) is 43.4 Å². The van der Waals surface area contributed by atoms with E-state index < -0.39 is 17.7 Å². The van der Waals surface area contributed by atoms with Gasteiger partial charge in [0.15, 0.2) is 11.4 Å². The maximum absolute atomic E-state index is 14.1. The summed E-state index contributed by atoms with van der Waals surface area (Å²) < 4.78 is 39.9. The number of carbonyl (C=O) groups excluding carboxylic acids is 1. The van der Waals surface area contributed by atoms with Gasteiger partial charge in [-0.1, -0.05) is 29.3 Å². The molecule has 1 aliphatic rings. The molecule has 3 aromatic rings. The highest BCUT2D eigenvalue weighted by Crippen LogP contribution is 2.42. The average Bonchev–Trinajstić information content (AvgIpc) is 3.29. The Bertz CT molecular complexity index is 1330. The summed E-state index contributed by atoms with van der Waals surface area (Å²) >= 11 is 12.1. The summed E-state index contributed by atoms with van der Waals surface area (Å²) in [5, 5.41) is -0.0205. The van der Waals surface area contributed by atoms with Crippen molar-refractivity contribution in [1.82, 2.24) is 14.8 Å². The Kier molecular flexibility index (Phi) is 8.26. The molecule has 1 atom stereocenters. The third kappa shape index (κ3) is 5.68. The van der Waals surface area contributed by atoms with Crippen molar-refractivity contribution in [3.05, 3.63) is 57.4 Å². The molecule has 0 fully saturated rings. The van der Waals surface area contributed by atoms with Crippen LogP contribution in [-0.2, 0) is 4.79 Å². The molecule has 1 aromatic carbocycles. The number of hydrogen-bond acceptors (Lipinski definition) is 6. The first-order valence-corrected chi connectivity index (χ1v) is 12.6. The van der Waals surface area contributed by atoms with E-state index in [9.17, 15) is 13.6 Å². The van der Waals surface area contributed by atoms with Crippen molar-refractivity contribution in [3.63, 3.8) is 0 Å². The number of aromatic nitrogens is 1. The standard InChI is InChI=1S/C26H28Cl2F2N4O3/c1-14(21-22(27)18(29)11-19(30)23(21)28)37-25-24-16(12-32-26(25)31)17(13-36-24)15-6-9-34(10-7-15)20(35)5-4-8-33(2)3/h6,11-14H,4-5,7-10H2,1-3H3,(H2,31,32)/t14-/m1/s1. The van der Waals surface area contributed by atoms with Crippen LogP contribution < -0.4 is 10.5 Å². The highest BCUT2D eigenvalue weighted by atomic mass is 35.5. The van der Waals surface area contributed by atoms with Crippen LogP contribution in [0.15, 0.2) is 29.0 Å². The molecule has 11 heteroatoms. The number of amides is 1. The maximum Gasteiger partial charge on any atom is 0.222 e. The fraction of sp³-hybridized carbons (Fsp3) is 0.385. The van der Waals surface area contributed by atoms with E-state index in [1.165, 1.54) is 0 Å². The van der Waals surface area contributed by atoms with Crippen LogP contribution in [-0.4, -0.2) is 54.4 Å². The van der Waals surface area contributed by atoms with E-state index in [1.54, 1.807) is 19.4 Å². The van der Waals surface area contributed by atoms with E-state index in [2.05, 4.69) is 9.88 Å². The molecule has 3 heterocycles. The number of furan rings is 1. The molecule has 37 heavy (non-hydrogen) atoms. The van der Waals surface area contributed by atoms with Crippen LogP contribution in [0.4, 0.5) is 14.6 Å². The Morgan fingerprint density at radius 1 is 1.30 bits per heavy atom. The summed E-state index contributed by atoms with van der Waals surface area (Å²) in [6.07, 6.45) is 6.20. The second kappa shape index (κ2) is 11.2. The number of rotatable bonds is 8. The largest absolute Gasteiger partial charge is 0.478 e. The van der Waals surface area contributed by atoms with Gasteiger partial charge in [0.2, 0.25) is 11.7 Å². The van der Waals surface area contributed by atoms with Gasteiger partial charge in [-0.3, -0.25) is 4.79 Å². The lowest BCUT2D eigenvalue weighted by molar-refractivity contribution is -0.130. The monoisotopic (exact) mass is 552 g/mol. The molecule has 0 saturated heterocycles. The van der Waals surface area contributed by atoms with Crippen molar-refractivity contribution in [3.8, 4) is 5.75 Å². The average molecular weight is 553 g/mol. The molecule has 198 valence electrons. The van der Waals surface area contributed by atoms with E-state index in [1.807, 2.05) is 25.1 Å². The normalized spacial score (nSPS) is 14.8. The fourth-order valence-electron chi connectivity index (χ4n) is 4.37. The predicted molar refractivity (Wildman–Crippen MR) is 141 cm³/mol. The van der Waals surface area contributed by atoms with Crippen molar-refractivity contribution in [2.24, 2.45) is 0 Å². The van der Waals surface area contributed by atoms with Gasteiger partial charge in [0.05, 0.1) is 21.7 Å². The maximum atomic E-state index is 14.1. The number of benzene rings is 1. The molecule has 7 nitrogen and oxygen atoms in total. The van der Waals surface area contributed by atoms with E-state index in [4.69, 9.17) is 38.1 Å². The van der Waals surface area contributed by atoms with E-state index in [0.29, 0.717) is 43.0 Å². The van der Waals surface area contributed by atoms with Crippen molar-refractivity contribution in [2.75, 3.05) is 39.5 Å². The first-order valence-electron chi connectivity index (χ1n) is 11.9. The number of anilines is 1. The molecule has 1 aliphatic heterocycles. The lowest BCUT2D eigenvalue weighted by Crippen LogP contribution is -2.34. The van der Waals surface area contributed by atoms with Gasteiger partial charge in [-0.15, -0.1) is 0 Å². The molecule has 0 saturated carbocycles. The van der Waals surface area contributed by atoms with Crippen molar-refractivity contribution < 1.29 is 22.7 Å². The van der Waals surface area contributed by atoms with E-state index >= 15 is 0 Å². The summed E-state index contributed by atoms with van der Waals surface area (Å²) in [5.41, 5.74) is 8.19. The zero-order valence-corrected chi connectivity index (χ0v) is 22.3. The Morgan fingerprint density at radius 3 is 2.62 bits per heavy atom. The van der Waals surface area contributed by atoms with Crippen LogP contribution in [0.2, 0.25) is 10.0 Å². The molecule has 1 amide bonds. The van der Waals surface area contributed by atoms with Gasteiger partial charge in [0.25, 0.3) is 0 Å². The number of nitrogen functional groups attached to an aromatic ring is 1. The topological polar surface area (TPSA) is 84.8 Å². The van der Waals surface area contributed by atoms with Crippen LogP contribution in [0.25, 0.3) is 16.5 Å². The summed E-state index contributed by atoms with van der Waals surface area (Å²) in [7, 11) is 3.97. The molecule has 0 radical (unpaired) electrons. The Balaban J connectivity index is 1.56. The minimum Gasteiger partial charge on any atom is -0.478 e. The third-order valence-corrected chi connectivity index (χ3v) is 7.12. The SMILES string of the molecule is C[C@@H](Oc1c(N)ncc2c(C3=CCN(C(=O)CCCN(C)C)CC3)coc12)c1c(Cl)c(F)cc(F)c1Cl. The molecule has 0 bridgehead atoms. The van der Waals surface area contributed by atoms with Crippen molar-refractivity contribution in [1.29, 1.82) is 0 Å². The third-order valence-electron chi connectivity index (χ3n) is 6.35. The quantitative estimate of drug-likeness (QED) is 0.340. The minimum atomic E-state index is -0.964. The van der Waals surface area contributed by atoms with Crippen LogP contribution in [0.5, 0.6) is 5.75 Å². The first-order chi connectivity index (χ1) is 17.6. The second-order valence-electron chi connectivity index (χ2n) is 9.23. The van der Waals surface area contributed by atoms with Gasteiger partial charge >= 0.3 is 0 Å². The highest BCUT2D eigenvalue weighted by molar-refractivity contribution is 6.36. The number of nitrogens with two attached hydrogens (primary N) is 1. The molecule has 2 aromatic heterocycles. The summed E-state index contributed by atoms with van der Waals surface area (Å²) in [4.78, 5) is 20.7. The lowest BCUT2D eigenvalue weighted by atomic mass is 9.99. The second-order valence-corrected chi connectivity index (χ2v) is 9.99. The first kappa shape index (κ1) is 27.2. The van der Waals surface area contributed by atoms with E-state index in [-0.39, 0.29) is 33.1 Å². The Morgan fingerprint density at radius 2 is 2.00 bits per heavy atom. The van der Waals surface area contributed by atoms with Gasteiger partial charge in [-0.05, 0) is 46.0 Å². The Labute approximate surface area is 223 Å². The number of nitrogens with zero attached hydrogens (tertiary/aromatic N) is 3. The fourth-order valence-corrected chi connectivity index (χ4v) is 5.03. The molecular weight excluding hydrogens is 525 g/mol. The molecule has 0 aliphatic carbocycles. The summed E-state index contributed by atoms with van der Waals surface area (Å²) in [6.45, 7) is 3.52. The van der Waals surface area contributed by atoms with Crippen LogP contribution in [0, 0.1) is 11.6 Å². The van der Waals surface area contributed by atoms with E-state index in [0.717, 1.165) is 24.1 Å². The predicted octanol–water partition coefficient (Wildman–Crippen LogP) is 6.09. The van der Waals surface area contributed by atoms with Crippen molar-refractivity contribution >= 4 is 51.5 Å². The van der Waals surface area contributed by atoms with Crippen LogP contribution >= 0.6 is 23.2 Å². The minimum absolute atomic E-state index is 0.0384. The van der Waals surface area contributed by atoms with Gasteiger partial charge in [-0.25, -0.2) is 13.8 Å². The van der Waals surface area contributed by atoms with Gasteiger partial charge < -0.3 is 24.7 Å². The number of hydrogen-bond donors (Lipinski definition) is 1. The number of halogens is 4. The van der Waals surface area contributed by atoms with Gasteiger partial charge in [0.1, 0.15) is 17.7 Å². The number of fused-ring (bicyclic) bond motifs is 1. The molecule has 0 spiro atoms. The lowest BCUT2D eigenvalue weighted by Gasteiger charge is -2.26. The smallest absolute Gasteiger partial charge is 0.222 e. The molecular formula is C26H28Cl2F2N4O3. The summed E-state index contributed by atoms with van der Waals surface area (Å²) in [6, 6.07) is 0.618. The van der Waals surface area contributed by atoms with Crippen LogP contribution in [0.3, 0.4) is 0 Å². The Hall–Kier alpha value is -2.88. The van der Waals surface area contributed by atoms with Crippen molar-refractivity contribution in [2.45, 2.75) is 32.3 Å². The van der Waals surface area contributed by atoms with Gasteiger partial charge in [-0.2, -0.15) is 0 Å². The summed E-state index contributed by atoms with van der Waals surface area (Å²) in [5.74, 6) is -1.61. The number of ether oxygens (including phenoxy) is 1. The highest BCUT2D eigenvalue weighted by Gasteiger charge is 2.26. The molecule has 0 unspecified atom stereocenters. The number of pyridine rings is 1.